The van der Waals surface area contributed by atoms with Crippen molar-refractivity contribution in [2.24, 2.45) is 0 Å². The summed E-state index contributed by atoms with van der Waals surface area (Å²) in [7, 11) is -3.22. The number of hydrogen-bond acceptors (Lipinski definition) is 4. The van der Waals surface area contributed by atoms with Crippen LogP contribution in [-0.2, 0) is 14.6 Å². The standard InChI is InChI=1S/C20H25NO3S2/c1-5-19(16-8-12-18(13-9-16)26(4,23)24)21-20(22)15(3)25-17-10-6-14(2)7-11-17/h6-13,15,19H,5H2,1-4H3,(H,21,22)/t15-,19-/m0/s1. The van der Waals surface area contributed by atoms with Crippen molar-refractivity contribution < 1.29 is 13.2 Å². The highest BCUT2D eigenvalue weighted by molar-refractivity contribution is 8.00. The quantitative estimate of drug-likeness (QED) is 0.720. The van der Waals surface area contributed by atoms with E-state index in [1.54, 1.807) is 24.3 Å². The molecule has 2 rings (SSSR count). The zero-order valence-electron chi connectivity index (χ0n) is 15.5. The Kier molecular flexibility index (Phi) is 6.89. The van der Waals surface area contributed by atoms with Crippen molar-refractivity contribution in [2.45, 2.75) is 48.3 Å². The van der Waals surface area contributed by atoms with Gasteiger partial charge in [0.15, 0.2) is 9.84 Å². The van der Waals surface area contributed by atoms with Crippen molar-refractivity contribution in [3.05, 3.63) is 59.7 Å². The zero-order chi connectivity index (χ0) is 19.3. The van der Waals surface area contributed by atoms with E-state index in [2.05, 4.69) is 5.32 Å². The van der Waals surface area contributed by atoms with E-state index < -0.39 is 9.84 Å². The van der Waals surface area contributed by atoms with Crippen LogP contribution in [0.3, 0.4) is 0 Å². The minimum Gasteiger partial charge on any atom is -0.348 e. The lowest BCUT2D eigenvalue weighted by atomic mass is 10.0. The van der Waals surface area contributed by atoms with Gasteiger partial charge < -0.3 is 5.32 Å². The first-order valence-electron chi connectivity index (χ1n) is 8.54. The Morgan fingerprint density at radius 1 is 1.08 bits per heavy atom. The van der Waals surface area contributed by atoms with Gasteiger partial charge in [0.1, 0.15) is 0 Å². The van der Waals surface area contributed by atoms with E-state index in [0.717, 1.165) is 16.9 Å². The van der Waals surface area contributed by atoms with Crippen molar-refractivity contribution in [1.82, 2.24) is 5.32 Å². The zero-order valence-corrected chi connectivity index (χ0v) is 17.2. The molecule has 0 saturated heterocycles. The number of hydrogen-bond donors (Lipinski definition) is 1. The number of nitrogens with one attached hydrogen (secondary N) is 1. The van der Waals surface area contributed by atoms with Gasteiger partial charge in [0.25, 0.3) is 0 Å². The lowest BCUT2D eigenvalue weighted by Crippen LogP contribution is -2.34. The molecule has 2 aromatic carbocycles. The summed E-state index contributed by atoms with van der Waals surface area (Å²) in [5.74, 6) is -0.0328. The van der Waals surface area contributed by atoms with E-state index in [9.17, 15) is 13.2 Å². The van der Waals surface area contributed by atoms with E-state index in [-0.39, 0.29) is 22.1 Å². The monoisotopic (exact) mass is 391 g/mol. The third-order valence-corrected chi connectivity index (χ3v) is 6.38. The molecule has 4 nitrogen and oxygen atoms in total. The van der Waals surface area contributed by atoms with Crippen molar-refractivity contribution in [3.63, 3.8) is 0 Å². The average Bonchev–Trinajstić information content (AvgIpc) is 2.60. The smallest absolute Gasteiger partial charge is 0.233 e. The number of carbonyl (C=O) groups excluding carboxylic acids is 1. The van der Waals surface area contributed by atoms with Gasteiger partial charge in [0.2, 0.25) is 5.91 Å². The van der Waals surface area contributed by atoms with Crippen molar-refractivity contribution in [1.29, 1.82) is 0 Å². The second-order valence-corrected chi connectivity index (χ2v) is 9.81. The summed E-state index contributed by atoms with van der Waals surface area (Å²) in [6, 6.07) is 14.7. The van der Waals surface area contributed by atoms with Crippen LogP contribution in [0.5, 0.6) is 0 Å². The van der Waals surface area contributed by atoms with Gasteiger partial charge in [-0.2, -0.15) is 0 Å². The van der Waals surface area contributed by atoms with Crippen LogP contribution in [0.25, 0.3) is 0 Å². The summed E-state index contributed by atoms with van der Waals surface area (Å²) >= 11 is 1.52. The fourth-order valence-electron chi connectivity index (χ4n) is 2.53. The molecule has 0 aliphatic rings. The molecule has 0 saturated carbocycles. The molecular weight excluding hydrogens is 366 g/mol. The lowest BCUT2D eigenvalue weighted by Gasteiger charge is -2.20. The number of rotatable bonds is 7. The molecule has 0 aliphatic carbocycles. The van der Waals surface area contributed by atoms with E-state index in [4.69, 9.17) is 0 Å². The van der Waals surface area contributed by atoms with E-state index in [1.165, 1.54) is 23.6 Å². The summed E-state index contributed by atoms with van der Waals surface area (Å²) < 4.78 is 23.1. The Morgan fingerprint density at radius 3 is 2.15 bits per heavy atom. The van der Waals surface area contributed by atoms with Gasteiger partial charge in [-0.25, -0.2) is 8.42 Å². The number of carbonyl (C=O) groups is 1. The fourth-order valence-corrected chi connectivity index (χ4v) is 4.04. The molecule has 2 atom stereocenters. The number of benzene rings is 2. The molecule has 0 bridgehead atoms. The maximum atomic E-state index is 12.6. The molecule has 0 spiro atoms. The topological polar surface area (TPSA) is 63.2 Å². The van der Waals surface area contributed by atoms with Crippen LogP contribution in [-0.4, -0.2) is 25.8 Å². The molecule has 140 valence electrons. The summed E-state index contributed by atoms with van der Waals surface area (Å²) in [5, 5.41) is 2.84. The Bertz CT molecular complexity index is 844. The molecule has 1 N–H and O–H groups in total. The van der Waals surface area contributed by atoms with Gasteiger partial charge in [-0.1, -0.05) is 36.8 Å². The second-order valence-electron chi connectivity index (χ2n) is 6.38. The van der Waals surface area contributed by atoms with E-state index in [0.29, 0.717) is 0 Å². The summed E-state index contributed by atoms with van der Waals surface area (Å²) in [5.41, 5.74) is 2.09. The summed E-state index contributed by atoms with van der Waals surface area (Å²) in [6.07, 6.45) is 1.91. The van der Waals surface area contributed by atoms with E-state index in [1.807, 2.05) is 45.0 Å². The van der Waals surface area contributed by atoms with Gasteiger partial charge in [0, 0.05) is 11.2 Å². The largest absolute Gasteiger partial charge is 0.348 e. The predicted molar refractivity (Wildman–Crippen MR) is 107 cm³/mol. The van der Waals surface area contributed by atoms with E-state index >= 15 is 0 Å². The van der Waals surface area contributed by atoms with Crippen molar-refractivity contribution >= 4 is 27.5 Å². The maximum absolute atomic E-state index is 12.6. The van der Waals surface area contributed by atoms with Crippen molar-refractivity contribution in [3.8, 4) is 0 Å². The van der Waals surface area contributed by atoms with Crippen LogP contribution >= 0.6 is 11.8 Å². The normalized spacial score (nSPS) is 13.8. The first-order valence-corrected chi connectivity index (χ1v) is 11.3. The first kappa shape index (κ1) is 20.5. The highest BCUT2D eigenvalue weighted by atomic mass is 32.2. The van der Waals surface area contributed by atoms with Gasteiger partial charge in [-0.3, -0.25) is 4.79 Å². The molecule has 0 heterocycles. The van der Waals surface area contributed by atoms with Gasteiger partial charge >= 0.3 is 0 Å². The Labute approximate surface area is 160 Å². The minimum absolute atomic E-state index is 0.0328. The number of thioether (sulfide) groups is 1. The Hall–Kier alpha value is -1.79. The summed E-state index contributed by atoms with van der Waals surface area (Å²) in [6.45, 7) is 5.91. The van der Waals surface area contributed by atoms with Crippen LogP contribution < -0.4 is 5.32 Å². The molecule has 0 unspecified atom stereocenters. The first-order chi connectivity index (χ1) is 12.2. The number of amides is 1. The molecule has 1 amide bonds. The molecule has 26 heavy (non-hydrogen) atoms. The molecule has 6 heteroatoms. The molecule has 2 aromatic rings. The third kappa shape index (κ3) is 5.61. The molecular formula is C20H25NO3S2. The minimum atomic E-state index is -3.22. The fraction of sp³-hybridized carbons (Fsp3) is 0.350. The van der Waals surface area contributed by atoms with Crippen LogP contribution in [0.2, 0.25) is 0 Å². The molecule has 0 fully saturated rings. The van der Waals surface area contributed by atoms with Crippen LogP contribution in [0.15, 0.2) is 58.3 Å². The SMILES string of the molecule is CC[C@H](NC(=O)[C@H](C)Sc1ccc(C)cc1)c1ccc(S(C)(=O)=O)cc1. The van der Waals surface area contributed by atoms with Gasteiger partial charge in [-0.15, -0.1) is 11.8 Å². The molecule has 0 aliphatic heterocycles. The summed E-state index contributed by atoms with van der Waals surface area (Å²) in [4.78, 5) is 13.9. The number of aryl methyl sites for hydroxylation is 1. The molecule has 0 aromatic heterocycles. The number of sulfone groups is 1. The van der Waals surface area contributed by atoms with Crippen LogP contribution in [0.1, 0.15) is 37.4 Å². The van der Waals surface area contributed by atoms with Crippen LogP contribution in [0.4, 0.5) is 0 Å². The highest BCUT2D eigenvalue weighted by Gasteiger charge is 2.19. The average molecular weight is 392 g/mol. The van der Waals surface area contributed by atoms with Crippen LogP contribution in [0, 0.1) is 6.92 Å². The molecule has 0 radical (unpaired) electrons. The Morgan fingerprint density at radius 2 is 1.65 bits per heavy atom. The predicted octanol–water partition coefficient (Wildman–Crippen LogP) is 4.15. The van der Waals surface area contributed by atoms with Gasteiger partial charge in [0.05, 0.1) is 16.2 Å². The second kappa shape index (κ2) is 8.73. The highest BCUT2D eigenvalue weighted by Crippen LogP contribution is 2.25. The lowest BCUT2D eigenvalue weighted by molar-refractivity contribution is -0.121. The Balaban J connectivity index is 2.04. The van der Waals surface area contributed by atoms with Gasteiger partial charge in [-0.05, 0) is 50.1 Å². The third-order valence-electron chi connectivity index (χ3n) is 4.14. The van der Waals surface area contributed by atoms with Crippen molar-refractivity contribution in [2.75, 3.05) is 6.26 Å². The maximum Gasteiger partial charge on any atom is 0.233 e.